The van der Waals surface area contributed by atoms with E-state index in [1.165, 1.54) is 0 Å². The Bertz CT molecular complexity index is 788. The molecule has 0 radical (unpaired) electrons. The largest absolute Gasteiger partial charge is 0.470 e. The molecular weight excluding hydrogens is 316 g/mol. The summed E-state index contributed by atoms with van der Waals surface area (Å²) in [5.74, 6) is -0.128. The number of nitrogens with zero attached hydrogens (tertiary/aromatic N) is 1. The van der Waals surface area contributed by atoms with Gasteiger partial charge in [0.25, 0.3) is 11.5 Å². The lowest BCUT2D eigenvalue weighted by Crippen LogP contribution is -2.51. The second-order valence-corrected chi connectivity index (χ2v) is 5.27. The number of aromatic nitrogens is 3. The maximum Gasteiger partial charge on any atom is 0.326 e. The first-order chi connectivity index (χ1) is 11.6. The van der Waals surface area contributed by atoms with Crippen LogP contribution in [-0.4, -0.2) is 46.2 Å². The van der Waals surface area contributed by atoms with Gasteiger partial charge in [0.05, 0.1) is 12.6 Å². The molecule has 0 unspecified atom stereocenters. The molecule has 126 valence electrons. The standard InChI is InChI=1S/C15H16N4O5/c20-12-7-10(18-15(22)19-12)14(21)17-9-4-6-23-8-11(9)24-13-3-1-2-5-16-13/h1-3,5,7,9,11H,4,6,8H2,(H,17,21)(H2,18,19,20,22)/t9-,11-/m1/s1. The van der Waals surface area contributed by atoms with Crippen LogP contribution in [0.3, 0.4) is 0 Å². The predicted molar refractivity (Wildman–Crippen MR) is 83.0 cm³/mol. The van der Waals surface area contributed by atoms with Gasteiger partial charge in [-0.2, -0.15) is 0 Å². The van der Waals surface area contributed by atoms with Gasteiger partial charge in [-0.3, -0.25) is 14.6 Å². The van der Waals surface area contributed by atoms with E-state index in [-0.39, 0.29) is 11.7 Å². The number of carbonyl (C=O) groups excluding carboxylic acids is 1. The van der Waals surface area contributed by atoms with Crippen molar-refractivity contribution in [2.45, 2.75) is 18.6 Å². The topological polar surface area (TPSA) is 126 Å². The molecule has 3 N–H and O–H groups in total. The molecule has 0 aliphatic carbocycles. The molecule has 1 saturated heterocycles. The fourth-order valence-electron chi connectivity index (χ4n) is 2.40. The first-order valence-electron chi connectivity index (χ1n) is 7.42. The molecule has 2 atom stereocenters. The number of rotatable bonds is 4. The molecule has 0 bridgehead atoms. The zero-order valence-electron chi connectivity index (χ0n) is 12.7. The van der Waals surface area contributed by atoms with E-state index in [2.05, 4.69) is 15.3 Å². The van der Waals surface area contributed by atoms with Crippen LogP contribution in [-0.2, 0) is 4.74 Å². The highest BCUT2D eigenvalue weighted by Gasteiger charge is 2.29. The molecule has 0 aromatic carbocycles. The lowest BCUT2D eigenvalue weighted by atomic mass is 10.1. The number of aromatic amines is 2. The molecule has 0 spiro atoms. The van der Waals surface area contributed by atoms with E-state index in [9.17, 15) is 14.4 Å². The highest BCUT2D eigenvalue weighted by atomic mass is 16.5. The molecule has 3 heterocycles. The number of ether oxygens (including phenoxy) is 2. The Hall–Kier alpha value is -2.94. The van der Waals surface area contributed by atoms with Crippen molar-refractivity contribution in [3.05, 3.63) is 57.0 Å². The van der Waals surface area contributed by atoms with E-state index >= 15 is 0 Å². The number of H-pyrrole nitrogens is 2. The van der Waals surface area contributed by atoms with Gasteiger partial charge in [-0.15, -0.1) is 0 Å². The van der Waals surface area contributed by atoms with Crippen LogP contribution >= 0.6 is 0 Å². The molecule has 2 aromatic rings. The summed E-state index contributed by atoms with van der Waals surface area (Å²) in [6.07, 6.45) is 1.72. The Labute approximate surface area is 136 Å². The van der Waals surface area contributed by atoms with Crippen molar-refractivity contribution in [2.75, 3.05) is 13.2 Å². The average Bonchev–Trinajstić information content (AvgIpc) is 2.56. The average molecular weight is 332 g/mol. The summed E-state index contributed by atoms with van der Waals surface area (Å²) in [4.78, 5) is 43.2. The van der Waals surface area contributed by atoms with Crippen LogP contribution in [0.1, 0.15) is 16.9 Å². The van der Waals surface area contributed by atoms with Gasteiger partial charge in [0.15, 0.2) is 0 Å². The Morgan fingerprint density at radius 1 is 1.33 bits per heavy atom. The second kappa shape index (κ2) is 7.09. The molecule has 9 heteroatoms. The highest BCUT2D eigenvalue weighted by molar-refractivity contribution is 5.92. The lowest BCUT2D eigenvalue weighted by Gasteiger charge is -2.31. The third-order valence-corrected chi connectivity index (χ3v) is 3.54. The van der Waals surface area contributed by atoms with Crippen molar-refractivity contribution in [3.63, 3.8) is 0 Å². The maximum absolute atomic E-state index is 12.3. The summed E-state index contributed by atoms with van der Waals surface area (Å²) >= 11 is 0. The fraction of sp³-hybridized carbons (Fsp3) is 0.333. The molecular formula is C15H16N4O5. The Balaban J connectivity index is 1.72. The van der Waals surface area contributed by atoms with Crippen molar-refractivity contribution in [1.82, 2.24) is 20.3 Å². The number of carbonyl (C=O) groups is 1. The number of pyridine rings is 1. The number of hydrogen-bond donors (Lipinski definition) is 3. The molecule has 1 amide bonds. The molecule has 24 heavy (non-hydrogen) atoms. The van der Waals surface area contributed by atoms with Crippen LogP contribution in [0.25, 0.3) is 0 Å². The van der Waals surface area contributed by atoms with Crippen LogP contribution < -0.4 is 21.3 Å². The molecule has 2 aromatic heterocycles. The van der Waals surface area contributed by atoms with Gasteiger partial charge in [0, 0.05) is 24.9 Å². The zero-order chi connectivity index (χ0) is 16.9. The summed E-state index contributed by atoms with van der Waals surface area (Å²) < 4.78 is 11.2. The van der Waals surface area contributed by atoms with Crippen molar-refractivity contribution < 1.29 is 14.3 Å². The van der Waals surface area contributed by atoms with Crippen LogP contribution in [0.15, 0.2) is 40.1 Å². The first kappa shape index (κ1) is 15.9. The summed E-state index contributed by atoms with van der Waals surface area (Å²) in [7, 11) is 0. The Morgan fingerprint density at radius 2 is 2.21 bits per heavy atom. The third kappa shape index (κ3) is 3.87. The Kier molecular flexibility index (Phi) is 4.71. The minimum absolute atomic E-state index is 0.105. The molecule has 0 saturated carbocycles. The van der Waals surface area contributed by atoms with Crippen molar-refractivity contribution >= 4 is 5.91 Å². The van der Waals surface area contributed by atoms with E-state index in [1.54, 1.807) is 24.4 Å². The normalized spacial score (nSPS) is 20.3. The van der Waals surface area contributed by atoms with Gasteiger partial charge in [-0.1, -0.05) is 6.07 Å². The van der Waals surface area contributed by atoms with Gasteiger partial charge in [-0.25, -0.2) is 9.78 Å². The van der Waals surface area contributed by atoms with E-state index in [1.807, 2.05) is 4.98 Å². The summed E-state index contributed by atoms with van der Waals surface area (Å²) in [5, 5.41) is 2.77. The maximum atomic E-state index is 12.3. The van der Waals surface area contributed by atoms with Crippen molar-refractivity contribution in [2.24, 2.45) is 0 Å². The van der Waals surface area contributed by atoms with Gasteiger partial charge in [0.1, 0.15) is 11.8 Å². The van der Waals surface area contributed by atoms with E-state index in [4.69, 9.17) is 9.47 Å². The SMILES string of the molecule is O=C(N[C@@H]1CCOC[C@H]1Oc1ccccn1)c1cc(=O)[nH]c(=O)[nH]1. The quantitative estimate of drug-likeness (QED) is 0.688. The van der Waals surface area contributed by atoms with Crippen molar-refractivity contribution in [3.8, 4) is 5.88 Å². The predicted octanol–water partition coefficient (Wildman–Crippen LogP) is -0.576. The highest BCUT2D eigenvalue weighted by Crippen LogP contribution is 2.15. The van der Waals surface area contributed by atoms with Gasteiger partial charge < -0.3 is 19.8 Å². The number of amides is 1. The lowest BCUT2D eigenvalue weighted by molar-refractivity contribution is -0.0153. The van der Waals surface area contributed by atoms with E-state index < -0.39 is 23.3 Å². The monoisotopic (exact) mass is 332 g/mol. The van der Waals surface area contributed by atoms with Crippen LogP contribution in [0.4, 0.5) is 0 Å². The van der Waals surface area contributed by atoms with Crippen LogP contribution in [0, 0.1) is 0 Å². The second-order valence-electron chi connectivity index (χ2n) is 5.27. The van der Waals surface area contributed by atoms with E-state index in [0.717, 1.165) is 6.07 Å². The molecule has 3 rings (SSSR count). The van der Waals surface area contributed by atoms with Gasteiger partial charge >= 0.3 is 5.69 Å². The number of nitrogens with one attached hydrogen (secondary N) is 3. The smallest absolute Gasteiger partial charge is 0.326 e. The Morgan fingerprint density at radius 3 is 2.96 bits per heavy atom. The van der Waals surface area contributed by atoms with Gasteiger partial charge in [-0.05, 0) is 12.5 Å². The zero-order valence-corrected chi connectivity index (χ0v) is 12.7. The van der Waals surface area contributed by atoms with Crippen molar-refractivity contribution in [1.29, 1.82) is 0 Å². The molecule has 1 aliphatic rings. The minimum atomic E-state index is -0.735. The molecule has 1 fully saturated rings. The summed E-state index contributed by atoms with van der Waals surface area (Å²) in [6, 6.07) is 5.97. The van der Waals surface area contributed by atoms with Crippen LogP contribution in [0.2, 0.25) is 0 Å². The molecule has 1 aliphatic heterocycles. The third-order valence-electron chi connectivity index (χ3n) is 3.54. The van der Waals surface area contributed by atoms with E-state index in [0.29, 0.717) is 25.5 Å². The summed E-state index contributed by atoms with van der Waals surface area (Å²) in [5.41, 5.74) is -1.48. The molecule has 9 nitrogen and oxygen atoms in total. The van der Waals surface area contributed by atoms with Gasteiger partial charge in [0.2, 0.25) is 5.88 Å². The fourth-order valence-corrected chi connectivity index (χ4v) is 2.40. The first-order valence-corrected chi connectivity index (χ1v) is 7.42. The number of hydrogen-bond acceptors (Lipinski definition) is 6. The minimum Gasteiger partial charge on any atom is -0.470 e. The van der Waals surface area contributed by atoms with Crippen LogP contribution in [0.5, 0.6) is 5.88 Å². The summed E-state index contributed by atoms with van der Waals surface area (Å²) in [6.45, 7) is 0.770.